The van der Waals surface area contributed by atoms with Crippen LogP contribution < -0.4 is 4.74 Å². The number of hydrogen-bond acceptors (Lipinski definition) is 3. The molecule has 3 aliphatic heterocycles. The molecule has 3 saturated heterocycles. The number of piperidine rings is 3. The highest BCUT2D eigenvalue weighted by Crippen LogP contribution is 2.46. The number of aliphatic hydroxyl groups is 1. The first kappa shape index (κ1) is 18.5. The number of aryl methyl sites for hydroxylation is 2. The van der Waals surface area contributed by atoms with Crippen molar-refractivity contribution < 1.29 is 9.84 Å². The van der Waals surface area contributed by atoms with Gasteiger partial charge >= 0.3 is 0 Å². The van der Waals surface area contributed by atoms with Crippen LogP contribution in [-0.2, 0) is 12.0 Å². The highest BCUT2D eigenvalue weighted by molar-refractivity contribution is 5.39. The predicted molar refractivity (Wildman–Crippen MR) is 109 cm³/mol. The van der Waals surface area contributed by atoms with E-state index >= 15 is 0 Å². The maximum absolute atomic E-state index is 12.2. The molecule has 1 N–H and O–H groups in total. The quantitative estimate of drug-likeness (QED) is 0.834. The molecule has 0 amide bonds. The molecule has 0 radical (unpaired) electrons. The number of hydrogen-bond donors (Lipinski definition) is 1. The maximum Gasteiger partial charge on any atom is 0.119 e. The summed E-state index contributed by atoms with van der Waals surface area (Å²) in [7, 11) is 1.70. The van der Waals surface area contributed by atoms with Gasteiger partial charge in [0.25, 0.3) is 0 Å². The summed E-state index contributed by atoms with van der Waals surface area (Å²) in [5, 5.41) is 12.2. The van der Waals surface area contributed by atoms with E-state index in [9.17, 15) is 5.11 Å². The van der Waals surface area contributed by atoms with Crippen LogP contribution in [0.3, 0.4) is 0 Å². The largest absolute Gasteiger partial charge is 0.497 e. The molecule has 3 heteroatoms. The lowest BCUT2D eigenvalue weighted by Crippen LogP contribution is -2.55. The molecule has 0 spiro atoms. The Morgan fingerprint density at radius 3 is 2.44 bits per heavy atom. The summed E-state index contributed by atoms with van der Waals surface area (Å²) in [4.78, 5) is 2.54. The van der Waals surface area contributed by atoms with Crippen molar-refractivity contribution in [3.63, 3.8) is 0 Å². The van der Waals surface area contributed by atoms with Gasteiger partial charge in [0.05, 0.1) is 12.7 Å². The Bertz CT molecular complexity index is 767. The van der Waals surface area contributed by atoms with Crippen LogP contribution in [0, 0.1) is 18.8 Å². The molecule has 3 fully saturated rings. The van der Waals surface area contributed by atoms with Gasteiger partial charge in [0.15, 0.2) is 0 Å². The highest BCUT2D eigenvalue weighted by Gasteiger charge is 2.47. The first-order valence-corrected chi connectivity index (χ1v) is 10.2. The Hall–Kier alpha value is -1.84. The van der Waals surface area contributed by atoms with Gasteiger partial charge in [-0.15, -0.1) is 0 Å². The summed E-state index contributed by atoms with van der Waals surface area (Å²) in [5.74, 6) is 1.78. The third-order valence-corrected chi connectivity index (χ3v) is 6.81. The Balaban J connectivity index is 1.68. The summed E-state index contributed by atoms with van der Waals surface area (Å²) in [5.41, 5.74) is 2.71. The molecule has 0 aromatic heterocycles. The molecule has 5 rings (SSSR count). The van der Waals surface area contributed by atoms with Crippen molar-refractivity contribution >= 4 is 0 Å². The number of benzene rings is 2. The summed E-state index contributed by atoms with van der Waals surface area (Å²) in [6.45, 7) is 5.50. The minimum atomic E-state index is -0.796. The molecular weight excluding hydrogens is 334 g/mol. The van der Waals surface area contributed by atoms with Crippen molar-refractivity contribution in [3.8, 4) is 5.75 Å². The SMILES string of the molecule is COc1ccc(C(O)(CCc2ccccc2)C2CN3CCC2CC3)c(C)c1. The number of methoxy groups -OCH3 is 1. The van der Waals surface area contributed by atoms with Gasteiger partial charge in [-0.05, 0) is 80.4 Å². The normalized spacial score (nSPS) is 26.6. The monoisotopic (exact) mass is 365 g/mol. The average Bonchev–Trinajstić information content (AvgIpc) is 2.73. The Morgan fingerprint density at radius 1 is 1.11 bits per heavy atom. The number of fused-ring (bicyclic) bond motifs is 3. The summed E-state index contributed by atoms with van der Waals surface area (Å²) in [6, 6.07) is 16.7. The van der Waals surface area contributed by atoms with Crippen molar-refractivity contribution in [1.82, 2.24) is 4.90 Å². The second-order valence-electron chi connectivity index (χ2n) is 8.34. The lowest BCUT2D eigenvalue weighted by Gasteiger charge is -2.51. The molecule has 2 unspecified atom stereocenters. The average molecular weight is 366 g/mol. The predicted octanol–water partition coefficient (Wildman–Crippen LogP) is 4.17. The van der Waals surface area contributed by atoms with E-state index in [0.717, 1.165) is 36.3 Å². The Morgan fingerprint density at radius 2 is 1.85 bits per heavy atom. The summed E-state index contributed by atoms with van der Waals surface area (Å²) in [6.07, 6.45) is 4.09. The van der Waals surface area contributed by atoms with Crippen molar-refractivity contribution in [2.24, 2.45) is 11.8 Å². The van der Waals surface area contributed by atoms with E-state index in [1.165, 1.54) is 31.5 Å². The fourth-order valence-corrected chi connectivity index (χ4v) is 5.25. The summed E-state index contributed by atoms with van der Waals surface area (Å²) < 4.78 is 5.40. The lowest BCUT2D eigenvalue weighted by atomic mass is 9.65. The minimum Gasteiger partial charge on any atom is -0.497 e. The van der Waals surface area contributed by atoms with Crippen LogP contribution in [0.15, 0.2) is 48.5 Å². The van der Waals surface area contributed by atoms with Gasteiger partial charge in [0, 0.05) is 12.5 Å². The molecule has 2 aromatic rings. The van der Waals surface area contributed by atoms with Crippen LogP contribution in [0.2, 0.25) is 0 Å². The van der Waals surface area contributed by atoms with Gasteiger partial charge < -0.3 is 14.7 Å². The van der Waals surface area contributed by atoms with Crippen LogP contribution in [0.4, 0.5) is 0 Å². The first-order chi connectivity index (χ1) is 13.1. The first-order valence-electron chi connectivity index (χ1n) is 10.2. The highest BCUT2D eigenvalue weighted by atomic mass is 16.5. The van der Waals surface area contributed by atoms with Gasteiger partial charge in [-0.2, -0.15) is 0 Å². The molecule has 0 saturated carbocycles. The van der Waals surface area contributed by atoms with Crippen LogP contribution in [0.25, 0.3) is 0 Å². The standard InChI is InChI=1S/C24H31NO2/c1-18-16-21(27-2)8-9-22(18)24(26,13-10-19-6-4-3-5-7-19)23-17-25-14-11-20(23)12-15-25/h3-9,16,20,23,26H,10-15,17H2,1-2H3. The number of nitrogens with zero attached hydrogens (tertiary/aromatic N) is 1. The van der Waals surface area contributed by atoms with Gasteiger partial charge in [0.2, 0.25) is 0 Å². The van der Waals surface area contributed by atoms with Crippen LogP contribution in [-0.4, -0.2) is 36.8 Å². The minimum absolute atomic E-state index is 0.302. The Labute approximate surface area is 163 Å². The van der Waals surface area contributed by atoms with Crippen LogP contribution in [0.1, 0.15) is 36.0 Å². The van der Waals surface area contributed by atoms with E-state index in [-0.39, 0.29) is 0 Å². The van der Waals surface area contributed by atoms with Gasteiger partial charge in [-0.1, -0.05) is 36.4 Å². The molecule has 3 aliphatic rings. The lowest BCUT2D eigenvalue weighted by molar-refractivity contribution is -0.106. The van der Waals surface area contributed by atoms with Crippen LogP contribution >= 0.6 is 0 Å². The second kappa shape index (κ2) is 7.65. The number of rotatable bonds is 6. The van der Waals surface area contributed by atoms with E-state index in [0.29, 0.717) is 11.8 Å². The van der Waals surface area contributed by atoms with Crippen molar-refractivity contribution in [2.45, 2.75) is 38.2 Å². The van der Waals surface area contributed by atoms with Crippen molar-refractivity contribution in [1.29, 1.82) is 0 Å². The third-order valence-electron chi connectivity index (χ3n) is 6.81. The van der Waals surface area contributed by atoms with Gasteiger partial charge in [-0.25, -0.2) is 0 Å². The molecule has 27 heavy (non-hydrogen) atoms. The Kier molecular flexibility index (Phi) is 5.25. The zero-order valence-corrected chi connectivity index (χ0v) is 16.5. The fourth-order valence-electron chi connectivity index (χ4n) is 5.25. The zero-order chi connectivity index (χ0) is 18.9. The number of ether oxygens (including phenoxy) is 1. The van der Waals surface area contributed by atoms with Gasteiger partial charge in [-0.3, -0.25) is 0 Å². The third kappa shape index (κ3) is 3.63. The molecule has 144 valence electrons. The van der Waals surface area contributed by atoms with Gasteiger partial charge in [0.1, 0.15) is 5.75 Å². The topological polar surface area (TPSA) is 32.7 Å². The van der Waals surface area contributed by atoms with E-state index in [2.05, 4.69) is 54.3 Å². The molecule has 0 aliphatic carbocycles. The maximum atomic E-state index is 12.2. The molecule has 3 nitrogen and oxygen atoms in total. The molecule has 3 heterocycles. The molecule has 2 atom stereocenters. The van der Waals surface area contributed by atoms with E-state index < -0.39 is 5.60 Å². The molecule has 2 aromatic carbocycles. The molecule has 2 bridgehead atoms. The zero-order valence-electron chi connectivity index (χ0n) is 16.5. The van der Waals surface area contributed by atoms with E-state index in [1.54, 1.807) is 7.11 Å². The smallest absolute Gasteiger partial charge is 0.119 e. The van der Waals surface area contributed by atoms with Crippen molar-refractivity contribution in [3.05, 3.63) is 65.2 Å². The fraction of sp³-hybridized carbons (Fsp3) is 0.500. The van der Waals surface area contributed by atoms with Crippen LogP contribution in [0.5, 0.6) is 5.75 Å². The second-order valence-corrected chi connectivity index (χ2v) is 8.34. The van der Waals surface area contributed by atoms with E-state index in [4.69, 9.17) is 4.74 Å². The van der Waals surface area contributed by atoms with E-state index in [1.807, 2.05) is 6.07 Å². The molecular formula is C24H31NO2. The summed E-state index contributed by atoms with van der Waals surface area (Å²) >= 11 is 0. The van der Waals surface area contributed by atoms with Crippen molar-refractivity contribution in [2.75, 3.05) is 26.7 Å².